The van der Waals surface area contributed by atoms with Gasteiger partial charge in [-0.05, 0) is 29.7 Å². The first-order valence-corrected chi connectivity index (χ1v) is 6.75. The van der Waals surface area contributed by atoms with Crippen molar-refractivity contribution in [1.29, 1.82) is 0 Å². The maximum Gasteiger partial charge on any atom is 0.255 e. The molecule has 22 heavy (non-hydrogen) atoms. The number of nitrogens with zero attached hydrogens (tertiary/aromatic N) is 4. The van der Waals surface area contributed by atoms with Gasteiger partial charge >= 0.3 is 0 Å². The van der Waals surface area contributed by atoms with E-state index in [-0.39, 0.29) is 5.56 Å². The Kier molecular flexibility index (Phi) is 2.79. The molecular formula is C16H11N5O. The number of fused-ring (bicyclic) bond motifs is 1. The quantitative estimate of drug-likeness (QED) is 0.613. The van der Waals surface area contributed by atoms with Crippen LogP contribution >= 0.6 is 0 Å². The van der Waals surface area contributed by atoms with Crippen molar-refractivity contribution in [3.8, 4) is 17.1 Å². The topological polar surface area (TPSA) is 76.5 Å². The molecule has 0 saturated carbocycles. The van der Waals surface area contributed by atoms with Crippen molar-refractivity contribution in [1.82, 2.24) is 24.7 Å². The Labute approximate surface area is 125 Å². The second-order valence-electron chi connectivity index (χ2n) is 4.82. The van der Waals surface area contributed by atoms with Crippen LogP contribution in [0.4, 0.5) is 0 Å². The maximum atomic E-state index is 11.7. The highest BCUT2D eigenvalue weighted by Gasteiger charge is 2.05. The second kappa shape index (κ2) is 4.92. The van der Waals surface area contributed by atoms with Crippen LogP contribution < -0.4 is 5.56 Å². The number of benzene rings is 1. The van der Waals surface area contributed by atoms with E-state index in [4.69, 9.17) is 0 Å². The summed E-state index contributed by atoms with van der Waals surface area (Å²) in [4.78, 5) is 23.1. The Morgan fingerprint density at radius 1 is 1.09 bits per heavy atom. The monoisotopic (exact) mass is 289 g/mol. The average Bonchev–Trinajstić information content (AvgIpc) is 3.09. The predicted octanol–water partition coefficient (Wildman–Crippen LogP) is 2.17. The summed E-state index contributed by atoms with van der Waals surface area (Å²) in [5.41, 5.74) is 1.56. The van der Waals surface area contributed by atoms with Gasteiger partial charge in [0.25, 0.3) is 5.56 Å². The Morgan fingerprint density at radius 3 is 2.73 bits per heavy atom. The van der Waals surface area contributed by atoms with Gasteiger partial charge in [-0.1, -0.05) is 6.07 Å². The minimum atomic E-state index is -0.0981. The van der Waals surface area contributed by atoms with Crippen LogP contribution in [0.1, 0.15) is 0 Å². The van der Waals surface area contributed by atoms with Crippen molar-refractivity contribution < 1.29 is 0 Å². The van der Waals surface area contributed by atoms with Gasteiger partial charge in [-0.15, -0.1) is 0 Å². The summed E-state index contributed by atoms with van der Waals surface area (Å²) in [5.74, 6) is 0.609. The molecule has 4 rings (SSSR count). The number of rotatable bonds is 2. The van der Waals surface area contributed by atoms with Crippen LogP contribution in [0, 0.1) is 0 Å². The molecule has 3 heterocycles. The molecule has 6 nitrogen and oxygen atoms in total. The van der Waals surface area contributed by atoms with Gasteiger partial charge in [0.15, 0.2) is 5.82 Å². The lowest BCUT2D eigenvalue weighted by molar-refractivity contribution is 0.865. The number of H-pyrrole nitrogens is 1. The fraction of sp³-hybridized carbons (Fsp3) is 0. The molecule has 0 amide bonds. The molecule has 0 aliphatic heterocycles. The van der Waals surface area contributed by atoms with Gasteiger partial charge in [-0.3, -0.25) is 4.79 Å². The summed E-state index contributed by atoms with van der Waals surface area (Å²) in [6, 6.07) is 9.25. The highest BCUT2D eigenvalue weighted by molar-refractivity contribution is 5.85. The molecule has 0 aliphatic rings. The van der Waals surface area contributed by atoms with E-state index in [0.29, 0.717) is 11.2 Å². The van der Waals surface area contributed by atoms with Gasteiger partial charge < -0.3 is 4.98 Å². The number of nitrogens with one attached hydrogen (secondary N) is 1. The van der Waals surface area contributed by atoms with Crippen molar-refractivity contribution in [3.05, 3.63) is 71.7 Å². The third kappa shape index (κ3) is 2.07. The Morgan fingerprint density at radius 2 is 1.95 bits per heavy atom. The number of hydrogen-bond acceptors (Lipinski definition) is 4. The van der Waals surface area contributed by atoms with Crippen LogP contribution in [0.5, 0.6) is 0 Å². The van der Waals surface area contributed by atoms with Crippen LogP contribution in [0.3, 0.4) is 0 Å². The third-order valence-corrected chi connectivity index (χ3v) is 3.44. The first-order valence-electron chi connectivity index (χ1n) is 6.75. The van der Waals surface area contributed by atoms with Gasteiger partial charge in [0.1, 0.15) is 5.69 Å². The molecule has 0 spiro atoms. The third-order valence-electron chi connectivity index (χ3n) is 3.44. The molecule has 1 aromatic carbocycles. The molecule has 1 N–H and O–H groups in total. The first kappa shape index (κ1) is 12.5. The smallest absolute Gasteiger partial charge is 0.255 e. The average molecular weight is 289 g/mol. The van der Waals surface area contributed by atoms with Crippen molar-refractivity contribution in [2.75, 3.05) is 0 Å². The molecule has 0 bridgehead atoms. The van der Waals surface area contributed by atoms with Crippen LogP contribution in [-0.4, -0.2) is 24.7 Å². The van der Waals surface area contributed by atoms with Gasteiger partial charge in [-0.25, -0.2) is 14.6 Å². The van der Waals surface area contributed by atoms with E-state index in [9.17, 15) is 4.79 Å². The van der Waals surface area contributed by atoms with Crippen LogP contribution in [0.15, 0.2) is 66.1 Å². The molecule has 0 atom stereocenters. The van der Waals surface area contributed by atoms with Crippen molar-refractivity contribution in [2.24, 2.45) is 0 Å². The van der Waals surface area contributed by atoms with Gasteiger partial charge in [-0.2, -0.15) is 5.10 Å². The van der Waals surface area contributed by atoms with Crippen molar-refractivity contribution in [2.45, 2.75) is 0 Å². The fourth-order valence-electron chi connectivity index (χ4n) is 2.34. The zero-order valence-corrected chi connectivity index (χ0v) is 11.5. The lowest BCUT2D eigenvalue weighted by Crippen LogP contribution is -2.04. The van der Waals surface area contributed by atoms with E-state index < -0.39 is 0 Å². The number of hydrogen-bond donors (Lipinski definition) is 1. The first-order chi connectivity index (χ1) is 10.8. The van der Waals surface area contributed by atoms with Crippen molar-refractivity contribution in [3.63, 3.8) is 0 Å². The Balaban J connectivity index is 1.77. The van der Waals surface area contributed by atoms with E-state index in [1.807, 2.05) is 30.5 Å². The van der Waals surface area contributed by atoms with E-state index >= 15 is 0 Å². The number of aromatic amines is 1. The summed E-state index contributed by atoms with van der Waals surface area (Å²) >= 11 is 0. The Bertz CT molecular complexity index is 987. The van der Waals surface area contributed by atoms with Gasteiger partial charge in [0, 0.05) is 29.5 Å². The summed E-state index contributed by atoms with van der Waals surface area (Å²) in [7, 11) is 0. The molecule has 6 heteroatoms. The minimum Gasteiger partial charge on any atom is -0.329 e. The van der Waals surface area contributed by atoms with Crippen LogP contribution in [0.25, 0.3) is 27.8 Å². The second-order valence-corrected chi connectivity index (χ2v) is 4.82. The highest BCUT2D eigenvalue weighted by atomic mass is 16.1. The molecule has 0 unspecified atom stereocenters. The predicted molar refractivity (Wildman–Crippen MR) is 82.7 cm³/mol. The molecule has 0 saturated heterocycles. The summed E-state index contributed by atoms with van der Waals surface area (Å²) in [5, 5.41) is 5.65. The molecule has 3 aromatic heterocycles. The van der Waals surface area contributed by atoms with E-state index in [1.54, 1.807) is 35.5 Å². The van der Waals surface area contributed by atoms with Gasteiger partial charge in [0.2, 0.25) is 0 Å². The molecule has 0 fully saturated rings. The van der Waals surface area contributed by atoms with Crippen molar-refractivity contribution >= 4 is 10.8 Å². The normalized spacial score (nSPS) is 10.9. The van der Waals surface area contributed by atoms with E-state index in [0.717, 1.165) is 16.6 Å². The molecule has 106 valence electrons. The standard InChI is InChI=1S/C16H11N5O/c22-16-14-3-2-12(8-11(14)4-6-17-16)15-18-9-13(10-19-15)21-7-1-5-20-21/h1-10H,(H,17,22). The summed E-state index contributed by atoms with van der Waals surface area (Å²) in [6.45, 7) is 0. The molecule has 4 aromatic rings. The SMILES string of the molecule is O=c1[nH]ccc2cc(-c3ncc(-n4cccn4)cn3)ccc12. The lowest BCUT2D eigenvalue weighted by atomic mass is 10.1. The maximum absolute atomic E-state index is 11.7. The van der Waals surface area contributed by atoms with Crippen LogP contribution in [0.2, 0.25) is 0 Å². The lowest BCUT2D eigenvalue weighted by Gasteiger charge is -2.04. The van der Waals surface area contributed by atoms with E-state index in [2.05, 4.69) is 20.1 Å². The number of aromatic nitrogens is 5. The highest BCUT2D eigenvalue weighted by Crippen LogP contribution is 2.19. The molecular weight excluding hydrogens is 278 g/mol. The van der Waals surface area contributed by atoms with Crippen LogP contribution in [-0.2, 0) is 0 Å². The van der Waals surface area contributed by atoms with Gasteiger partial charge in [0.05, 0.1) is 12.4 Å². The molecule has 0 radical (unpaired) electrons. The minimum absolute atomic E-state index is 0.0981. The zero-order chi connectivity index (χ0) is 14.9. The zero-order valence-electron chi connectivity index (χ0n) is 11.5. The largest absolute Gasteiger partial charge is 0.329 e. The fourth-order valence-corrected chi connectivity index (χ4v) is 2.34. The summed E-state index contributed by atoms with van der Waals surface area (Å²) in [6.07, 6.45) is 8.61. The molecule has 0 aliphatic carbocycles. The van der Waals surface area contributed by atoms with E-state index in [1.165, 1.54) is 0 Å². The summed E-state index contributed by atoms with van der Waals surface area (Å²) < 4.78 is 1.70. The Hall–Kier alpha value is -3.28. The number of pyridine rings is 1.